The van der Waals surface area contributed by atoms with Crippen LogP contribution in [0.2, 0.25) is 0 Å². The van der Waals surface area contributed by atoms with E-state index in [1.807, 2.05) is 42.5 Å². The van der Waals surface area contributed by atoms with Gasteiger partial charge in [0.2, 0.25) is 0 Å². The Balaban J connectivity index is 1.10. The minimum atomic E-state index is 0.611. The molecule has 0 fully saturated rings. The quantitative estimate of drug-likeness (QED) is 0.117. The molecule has 9 aromatic rings. The van der Waals surface area contributed by atoms with Gasteiger partial charge in [0.05, 0.1) is 22.6 Å². The van der Waals surface area contributed by atoms with Crippen molar-refractivity contribution in [3.05, 3.63) is 209 Å². The summed E-state index contributed by atoms with van der Waals surface area (Å²) in [5.41, 5.74) is 18.6. The molecule has 0 aliphatic rings. The Bertz CT molecular complexity index is 3170. The van der Waals surface area contributed by atoms with Gasteiger partial charge in [0.1, 0.15) is 0 Å². The molecule has 9 rings (SSSR count). The summed E-state index contributed by atoms with van der Waals surface area (Å²) in [7, 11) is 0. The van der Waals surface area contributed by atoms with Crippen molar-refractivity contribution in [2.45, 2.75) is 41.0 Å². The molecule has 0 saturated carbocycles. The monoisotopic (exact) mass is 789 g/mol. The summed E-state index contributed by atoms with van der Waals surface area (Å²) in [4.78, 5) is 24.5. The average Bonchev–Trinajstić information content (AvgIpc) is 3.69. The largest absolute Gasteiger partial charge is 0.354 e. The standard InChI is InChI=1S/C56H47N5/c1-7-40-34-43(38(5)57-55(42-23-12-9-13-24-42)58-39(6)47-29-19-30-50-49-26-16-17-31-51(49)59-54(47)50)32-33-48(40)45-27-18-28-46(36(45)3)56-60-52(41-21-10-8-11-22-41)37(4)53(61-56)44-25-15-14-20-35(44)2/h8-34,59H,6-7H2,1-5H3. The van der Waals surface area contributed by atoms with E-state index in [9.17, 15) is 0 Å². The zero-order valence-corrected chi connectivity index (χ0v) is 35.3. The Morgan fingerprint density at radius 2 is 1.23 bits per heavy atom. The van der Waals surface area contributed by atoms with Crippen LogP contribution in [-0.4, -0.2) is 26.5 Å². The lowest BCUT2D eigenvalue weighted by Crippen LogP contribution is -2.05. The molecule has 0 aliphatic carbocycles. The summed E-state index contributed by atoms with van der Waals surface area (Å²) in [6, 6.07) is 56.8. The number of benzene rings is 7. The lowest BCUT2D eigenvalue weighted by molar-refractivity contribution is 1.13. The molecular weight excluding hydrogens is 743 g/mol. The van der Waals surface area contributed by atoms with E-state index in [0.29, 0.717) is 11.5 Å². The lowest BCUT2D eigenvalue weighted by atomic mass is 9.90. The van der Waals surface area contributed by atoms with E-state index < -0.39 is 0 Å². The van der Waals surface area contributed by atoms with Crippen LogP contribution in [0.25, 0.3) is 72.5 Å². The van der Waals surface area contributed by atoms with Crippen molar-refractivity contribution in [2.24, 2.45) is 9.98 Å². The third kappa shape index (κ3) is 7.51. The van der Waals surface area contributed by atoms with Crippen LogP contribution in [0.5, 0.6) is 0 Å². The minimum absolute atomic E-state index is 0.611. The number of nitrogens with one attached hydrogen (secondary N) is 1. The second-order valence-corrected chi connectivity index (χ2v) is 15.6. The molecule has 0 spiro atoms. The predicted octanol–water partition coefficient (Wildman–Crippen LogP) is 14.2. The number of H-pyrrole nitrogens is 1. The maximum atomic E-state index is 5.31. The highest BCUT2D eigenvalue weighted by atomic mass is 14.9. The molecule has 0 saturated heterocycles. The van der Waals surface area contributed by atoms with E-state index in [4.69, 9.17) is 20.0 Å². The van der Waals surface area contributed by atoms with Crippen LogP contribution in [0.4, 0.5) is 0 Å². The highest BCUT2D eigenvalue weighted by Gasteiger charge is 2.20. The smallest absolute Gasteiger partial charge is 0.160 e. The van der Waals surface area contributed by atoms with Crippen LogP contribution in [-0.2, 0) is 6.42 Å². The highest BCUT2D eigenvalue weighted by Crippen LogP contribution is 2.38. The van der Waals surface area contributed by atoms with Gasteiger partial charge in [-0.2, -0.15) is 0 Å². The maximum absolute atomic E-state index is 5.31. The van der Waals surface area contributed by atoms with Crippen molar-refractivity contribution < 1.29 is 0 Å². The molecule has 7 aromatic carbocycles. The van der Waals surface area contributed by atoms with Crippen LogP contribution >= 0.6 is 0 Å². The number of aliphatic imine (C=N–C) groups is 2. The van der Waals surface area contributed by atoms with Gasteiger partial charge in [-0.25, -0.2) is 20.0 Å². The van der Waals surface area contributed by atoms with Crippen LogP contribution in [0.15, 0.2) is 180 Å². The van der Waals surface area contributed by atoms with Crippen molar-refractivity contribution in [1.29, 1.82) is 0 Å². The summed E-state index contributed by atoms with van der Waals surface area (Å²) >= 11 is 0. The molecule has 5 nitrogen and oxygen atoms in total. The number of aryl methyl sites for hydroxylation is 2. The molecule has 0 atom stereocenters. The third-order valence-electron chi connectivity index (χ3n) is 11.8. The minimum Gasteiger partial charge on any atom is -0.354 e. The van der Waals surface area contributed by atoms with Gasteiger partial charge in [-0.15, -0.1) is 0 Å². The summed E-state index contributed by atoms with van der Waals surface area (Å²) < 4.78 is 0. The van der Waals surface area contributed by atoms with E-state index >= 15 is 0 Å². The van der Waals surface area contributed by atoms with Crippen LogP contribution < -0.4 is 0 Å². The molecule has 61 heavy (non-hydrogen) atoms. The molecule has 2 heterocycles. The number of hydrogen-bond acceptors (Lipinski definition) is 3. The van der Waals surface area contributed by atoms with Crippen molar-refractivity contribution in [2.75, 3.05) is 0 Å². The second kappa shape index (κ2) is 16.6. The number of rotatable bonds is 9. The summed E-state index contributed by atoms with van der Waals surface area (Å²) in [6.45, 7) is 15.2. The van der Waals surface area contributed by atoms with Crippen LogP contribution in [0.1, 0.15) is 52.8 Å². The molecule has 0 radical (unpaired) electrons. The number of hydrogen-bond donors (Lipinski definition) is 1. The number of para-hydroxylation sites is 2. The van der Waals surface area contributed by atoms with E-state index in [-0.39, 0.29) is 0 Å². The van der Waals surface area contributed by atoms with Crippen molar-refractivity contribution in [3.63, 3.8) is 0 Å². The fraction of sp³-hybridized carbons (Fsp3) is 0.107. The molecule has 1 N–H and O–H groups in total. The molecule has 0 unspecified atom stereocenters. The first-order valence-electron chi connectivity index (χ1n) is 20.9. The first-order valence-corrected chi connectivity index (χ1v) is 20.9. The van der Waals surface area contributed by atoms with E-state index in [1.165, 1.54) is 22.1 Å². The van der Waals surface area contributed by atoms with Gasteiger partial charge in [0.25, 0.3) is 0 Å². The summed E-state index contributed by atoms with van der Waals surface area (Å²) in [5, 5.41) is 2.33. The van der Waals surface area contributed by atoms with Gasteiger partial charge >= 0.3 is 0 Å². The summed E-state index contributed by atoms with van der Waals surface area (Å²) in [5.74, 6) is 1.33. The summed E-state index contributed by atoms with van der Waals surface area (Å²) in [6.07, 6.45) is 0.849. The normalized spacial score (nSPS) is 12.0. The Hall–Kier alpha value is -7.50. The average molecular weight is 790 g/mol. The number of amidine groups is 1. The molecule has 0 bridgehead atoms. The van der Waals surface area contributed by atoms with Gasteiger partial charge in [0, 0.05) is 55.4 Å². The van der Waals surface area contributed by atoms with Gasteiger partial charge in [0.15, 0.2) is 11.7 Å². The number of fused-ring (bicyclic) bond motifs is 3. The van der Waals surface area contributed by atoms with E-state index in [0.717, 1.165) is 95.8 Å². The Kier molecular flexibility index (Phi) is 10.6. The third-order valence-corrected chi connectivity index (χ3v) is 11.8. The first-order chi connectivity index (χ1) is 29.8. The molecule has 0 aliphatic heterocycles. The Labute approximate surface area is 358 Å². The fourth-order valence-electron chi connectivity index (χ4n) is 8.43. The molecule has 0 amide bonds. The van der Waals surface area contributed by atoms with Crippen LogP contribution in [0.3, 0.4) is 0 Å². The second-order valence-electron chi connectivity index (χ2n) is 15.6. The van der Waals surface area contributed by atoms with Crippen molar-refractivity contribution in [1.82, 2.24) is 15.0 Å². The zero-order chi connectivity index (χ0) is 42.0. The SMILES string of the molecule is C=C(N=C(N=C(C)c1ccc(-c2cccc(-c3nc(-c4ccccc4)c(C)c(-c4ccccc4C)n3)c2C)c(CC)c1)c1ccccc1)c1cccc2c1[nH]c1ccccc12. The van der Waals surface area contributed by atoms with Gasteiger partial charge < -0.3 is 4.98 Å². The number of aromatic amines is 1. The van der Waals surface area contributed by atoms with E-state index in [1.54, 1.807) is 0 Å². The lowest BCUT2D eigenvalue weighted by Gasteiger charge is -2.18. The predicted molar refractivity (Wildman–Crippen MR) is 257 cm³/mol. The molecule has 5 heteroatoms. The maximum Gasteiger partial charge on any atom is 0.160 e. The van der Waals surface area contributed by atoms with E-state index in [2.05, 4.69) is 168 Å². The number of aromatic nitrogens is 3. The molecule has 2 aromatic heterocycles. The number of nitrogens with zero attached hydrogens (tertiary/aromatic N) is 4. The van der Waals surface area contributed by atoms with Crippen molar-refractivity contribution in [3.8, 4) is 45.0 Å². The Morgan fingerprint density at radius 1 is 0.574 bits per heavy atom. The van der Waals surface area contributed by atoms with Crippen LogP contribution in [0, 0.1) is 20.8 Å². The molecule has 296 valence electrons. The van der Waals surface area contributed by atoms with Gasteiger partial charge in [-0.05, 0) is 79.6 Å². The van der Waals surface area contributed by atoms with Crippen molar-refractivity contribution >= 4 is 39.1 Å². The first kappa shape index (κ1) is 39.0. The fourth-order valence-corrected chi connectivity index (χ4v) is 8.43. The zero-order valence-electron chi connectivity index (χ0n) is 35.3. The molecular formula is C56H47N5. The van der Waals surface area contributed by atoms with Gasteiger partial charge in [-0.1, -0.05) is 165 Å². The topological polar surface area (TPSA) is 66.3 Å². The Morgan fingerprint density at radius 3 is 2.02 bits per heavy atom. The highest BCUT2D eigenvalue weighted by molar-refractivity contribution is 6.14. The van der Waals surface area contributed by atoms with Gasteiger partial charge in [-0.3, -0.25) is 0 Å².